The van der Waals surface area contributed by atoms with Crippen molar-refractivity contribution in [2.24, 2.45) is 0 Å². The van der Waals surface area contributed by atoms with Gasteiger partial charge in [0.1, 0.15) is 0 Å². The second-order valence-corrected chi connectivity index (χ2v) is 2.10. The van der Waals surface area contributed by atoms with E-state index in [1.54, 1.807) is 0 Å². The fourth-order valence-corrected chi connectivity index (χ4v) is 0.410. The van der Waals surface area contributed by atoms with E-state index in [1.165, 1.54) is 0 Å². The molecule has 0 rings (SSSR count). The Balaban J connectivity index is 4.55. The van der Waals surface area contributed by atoms with E-state index in [4.69, 9.17) is 0 Å². The average Bonchev–Trinajstić information content (AvgIpc) is 2.12. The molecule has 0 aliphatic heterocycles. The third-order valence-corrected chi connectivity index (χ3v) is 1.02. The molecule has 0 radical (unpaired) electrons. The summed E-state index contributed by atoms with van der Waals surface area (Å²) in [6.45, 7) is -2.29. The minimum atomic E-state index is -4.87. The highest BCUT2D eigenvalue weighted by Gasteiger charge is 2.40. The second-order valence-electron chi connectivity index (χ2n) is 2.10. The molecule has 0 aromatic carbocycles. The summed E-state index contributed by atoms with van der Waals surface area (Å²) in [7, 11) is 0. The lowest BCUT2D eigenvalue weighted by Gasteiger charge is -2.12. The highest BCUT2D eigenvalue weighted by molar-refractivity contribution is 5.05. The molecule has 0 amide bonds. The summed E-state index contributed by atoms with van der Waals surface area (Å²) in [6, 6.07) is -2.68. The van der Waals surface area contributed by atoms with Gasteiger partial charge in [0.25, 0.3) is 0 Å². The van der Waals surface area contributed by atoms with E-state index < -0.39 is 36.5 Å². The van der Waals surface area contributed by atoms with Crippen molar-refractivity contribution in [3.8, 4) is 0 Å². The van der Waals surface area contributed by atoms with Gasteiger partial charge in [0.2, 0.25) is 5.83 Å². The number of alkyl halides is 2. The highest BCUT2D eigenvalue weighted by atomic mass is 19.3. The predicted molar refractivity (Wildman–Crippen MR) is 31.6 cm³/mol. The molecule has 88 valence electrons. The van der Waals surface area contributed by atoms with Crippen molar-refractivity contribution >= 4 is 0 Å². The van der Waals surface area contributed by atoms with Crippen molar-refractivity contribution < 1.29 is 39.9 Å². The molecule has 15 heavy (non-hydrogen) atoms. The number of hydrogen-bond acceptors (Lipinski definition) is 1. The van der Waals surface area contributed by atoms with Crippen LogP contribution in [0.15, 0.2) is 24.0 Å². The molecule has 0 fully saturated rings. The van der Waals surface area contributed by atoms with Crippen LogP contribution >= 0.6 is 0 Å². The van der Waals surface area contributed by atoms with Crippen LogP contribution in [-0.2, 0) is 4.74 Å². The lowest BCUT2D eigenvalue weighted by molar-refractivity contribution is -0.0628. The Bertz CT molecular complexity index is 286. The Morgan fingerprint density at radius 3 is 1.67 bits per heavy atom. The van der Waals surface area contributed by atoms with Crippen LogP contribution in [0.1, 0.15) is 0 Å². The standard InChI is InChI=1S/C6H2F8O/c7-2(3(8)9)6(13,14)1-15-5(12)4(10)11/h1H2. The average molecular weight is 242 g/mol. The smallest absolute Gasteiger partial charge is 0.342 e. The van der Waals surface area contributed by atoms with Gasteiger partial charge in [0, 0.05) is 0 Å². The van der Waals surface area contributed by atoms with Gasteiger partial charge in [-0.2, -0.15) is 35.1 Å². The van der Waals surface area contributed by atoms with E-state index in [9.17, 15) is 35.1 Å². The molecule has 9 heteroatoms. The van der Waals surface area contributed by atoms with Gasteiger partial charge < -0.3 is 4.74 Å². The van der Waals surface area contributed by atoms with E-state index in [0.717, 1.165) is 0 Å². The predicted octanol–water partition coefficient (Wildman–Crippen LogP) is 3.75. The monoisotopic (exact) mass is 242 g/mol. The summed E-state index contributed by atoms with van der Waals surface area (Å²) in [4.78, 5) is 0. The first-order valence-corrected chi connectivity index (χ1v) is 3.11. The molecule has 0 unspecified atom stereocenters. The third kappa shape index (κ3) is 4.17. The van der Waals surface area contributed by atoms with Gasteiger partial charge >= 0.3 is 24.1 Å². The largest absolute Gasteiger partial charge is 0.460 e. The first-order chi connectivity index (χ1) is 6.68. The second kappa shape index (κ2) is 4.99. The number of rotatable bonds is 4. The molecule has 0 saturated heterocycles. The Labute approximate surface area is 77.6 Å². The Hall–Kier alpha value is -1.28. The van der Waals surface area contributed by atoms with Gasteiger partial charge in [-0.05, 0) is 0 Å². The Morgan fingerprint density at radius 2 is 1.33 bits per heavy atom. The van der Waals surface area contributed by atoms with Gasteiger partial charge in [0.15, 0.2) is 6.61 Å². The quantitative estimate of drug-likeness (QED) is 0.538. The van der Waals surface area contributed by atoms with Gasteiger partial charge in [-0.3, -0.25) is 0 Å². The summed E-state index contributed by atoms with van der Waals surface area (Å²) < 4.78 is 96.3. The van der Waals surface area contributed by atoms with Crippen LogP contribution in [-0.4, -0.2) is 12.5 Å². The van der Waals surface area contributed by atoms with Crippen molar-refractivity contribution in [3.63, 3.8) is 0 Å². The molecule has 0 atom stereocenters. The minimum Gasteiger partial charge on any atom is -0.460 e. The van der Waals surface area contributed by atoms with Crippen molar-refractivity contribution in [2.75, 3.05) is 6.61 Å². The molecule has 0 aromatic rings. The molecule has 0 aromatic heterocycles. The zero-order valence-electron chi connectivity index (χ0n) is 6.64. The van der Waals surface area contributed by atoms with Gasteiger partial charge in [-0.25, -0.2) is 0 Å². The van der Waals surface area contributed by atoms with Crippen molar-refractivity contribution in [2.45, 2.75) is 5.92 Å². The summed E-state index contributed by atoms with van der Waals surface area (Å²) in [5.74, 6) is -8.03. The van der Waals surface area contributed by atoms with E-state index in [1.807, 2.05) is 0 Å². The lowest BCUT2D eigenvalue weighted by Crippen LogP contribution is -2.24. The fourth-order valence-electron chi connectivity index (χ4n) is 0.410. The Morgan fingerprint density at radius 1 is 0.867 bits per heavy atom. The van der Waals surface area contributed by atoms with Gasteiger partial charge in [-0.1, -0.05) is 0 Å². The lowest BCUT2D eigenvalue weighted by atomic mass is 10.3. The summed E-state index contributed by atoms with van der Waals surface area (Å²) in [6.07, 6.45) is -6.40. The van der Waals surface area contributed by atoms with Crippen LogP contribution in [0.5, 0.6) is 0 Å². The molecular formula is C6H2F8O. The van der Waals surface area contributed by atoms with Crippen molar-refractivity contribution in [1.82, 2.24) is 0 Å². The van der Waals surface area contributed by atoms with Crippen molar-refractivity contribution in [3.05, 3.63) is 24.0 Å². The maximum atomic E-state index is 12.2. The van der Waals surface area contributed by atoms with E-state index >= 15 is 0 Å². The van der Waals surface area contributed by atoms with Crippen molar-refractivity contribution in [1.29, 1.82) is 0 Å². The summed E-state index contributed by atoms with van der Waals surface area (Å²) >= 11 is 0. The number of ether oxygens (including phenoxy) is 1. The molecule has 0 bridgehead atoms. The normalized spacial score (nSPS) is 10.9. The van der Waals surface area contributed by atoms with Crippen LogP contribution in [0.3, 0.4) is 0 Å². The zero-order valence-corrected chi connectivity index (χ0v) is 6.64. The zero-order chi connectivity index (χ0) is 12.2. The van der Waals surface area contributed by atoms with Crippen LogP contribution < -0.4 is 0 Å². The van der Waals surface area contributed by atoms with Crippen LogP contribution in [0.25, 0.3) is 0 Å². The fraction of sp³-hybridized carbons (Fsp3) is 0.333. The molecule has 0 heterocycles. The molecule has 0 spiro atoms. The molecular weight excluding hydrogens is 240 g/mol. The number of halogens is 8. The van der Waals surface area contributed by atoms with E-state index in [2.05, 4.69) is 4.74 Å². The first kappa shape index (κ1) is 13.7. The maximum absolute atomic E-state index is 12.2. The number of hydrogen-bond donors (Lipinski definition) is 0. The molecule has 0 saturated carbocycles. The molecule has 1 nitrogen and oxygen atoms in total. The van der Waals surface area contributed by atoms with Crippen LogP contribution in [0, 0.1) is 0 Å². The summed E-state index contributed by atoms with van der Waals surface area (Å²) in [5.41, 5.74) is 0. The highest BCUT2D eigenvalue weighted by Crippen LogP contribution is 2.30. The topological polar surface area (TPSA) is 9.23 Å². The summed E-state index contributed by atoms with van der Waals surface area (Å²) in [5, 5.41) is 0. The van der Waals surface area contributed by atoms with Crippen LogP contribution in [0.2, 0.25) is 0 Å². The van der Waals surface area contributed by atoms with Gasteiger partial charge in [-0.15, -0.1) is 0 Å². The first-order valence-electron chi connectivity index (χ1n) is 3.11. The van der Waals surface area contributed by atoms with Gasteiger partial charge in [0.05, 0.1) is 0 Å². The minimum absolute atomic E-state index is 2.29. The van der Waals surface area contributed by atoms with E-state index in [-0.39, 0.29) is 0 Å². The Kier molecular flexibility index (Phi) is 4.56. The SMILES string of the molecule is FC(F)=C(F)OCC(F)(F)C(F)=C(F)F. The molecule has 0 aliphatic rings. The van der Waals surface area contributed by atoms with E-state index in [0.29, 0.717) is 0 Å². The van der Waals surface area contributed by atoms with Crippen LogP contribution in [0.4, 0.5) is 35.1 Å². The third-order valence-electron chi connectivity index (χ3n) is 1.02. The maximum Gasteiger partial charge on any atom is 0.342 e. The molecule has 0 aliphatic carbocycles. The molecule has 0 N–H and O–H groups in total.